The first kappa shape index (κ1) is 33.0. The van der Waals surface area contributed by atoms with Gasteiger partial charge in [-0.05, 0) is 62.9 Å². The minimum atomic E-state index is -2.38. The largest absolute Gasteiger partial charge is 0.444 e. The first-order chi connectivity index (χ1) is 18.1. The normalized spacial score (nSPS) is 14.2. The molecule has 0 radical (unpaired) electrons. The van der Waals surface area contributed by atoms with Crippen LogP contribution in [0.25, 0.3) is 11.3 Å². The number of alkyl carbamates (subject to hydrolysis) is 1. The molecule has 0 fully saturated rings. The Morgan fingerprint density at radius 2 is 1.62 bits per heavy atom. The number of H-pyrrole nitrogens is 1. The van der Waals surface area contributed by atoms with Gasteiger partial charge in [0.05, 0.1) is 25.0 Å². The molecule has 3 N–H and O–H groups in total. The van der Waals surface area contributed by atoms with E-state index in [1.54, 1.807) is 6.20 Å². The fourth-order valence-electron chi connectivity index (χ4n) is 4.16. The summed E-state index contributed by atoms with van der Waals surface area (Å²) in [6.45, 7) is 18.0. The highest BCUT2D eigenvalue weighted by Crippen LogP contribution is 2.41. The fourth-order valence-corrected chi connectivity index (χ4v) is 5.68. The summed E-state index contributed by atoms with van der Waals surface area (Å²) in [5.74, 6) is 0.483. The zero-order valence-corrected chi connectivity index (χ0v) is 26.9. The fraction of sp³-hybridized carbons (Fsp3) is 0.677. The van der Waals surface area contributed by atoms with Gasteiger partial charge in [-0.2, -0.15) is 0 Å². The van der Waals surface area contributed by atoms with Crippen LogP contribution in [0.1, 0.15) is 98.4 Å². The van der Waals surface area contributed by atoms with Crippen molar-refractivity contribution in [2.75, 3.05) is 13.2 Å². The topological polar surface area (TPSA) is 96.5 Å². The number of ether oxygens (including phenoxy) is 1. The minimum absolute atomic E-state index is 0.0229. The third kappa shape index (κ3) is 10.1. The first-order valence-electron chi connectivity index (χ1n) is 14.6. The molecule has 7 nitrogen and oxygen atoms in total. The van der Waals surface area contributed by atoms with E-state index in [1.165, 1.54) is 44.1 Å². The predicted molar refractivity (Wildman–Crippen MR) is 162 cm³/mol. The van der Waals surface area contributed by atoms with Gasteiger partial charge in [-0.15, -0.1) is 0 Å². The number of aliphatic hydroxyl groups excluding tert-OH is 1. The number of carbonyl (C=O) groups is 1. The zero-order chi connectivity index (χ0) is 29.3. The van der Waals surface area contributed by atoms with Crippen LogP contribution in [0.2, 0.25) is 18.1 Å². The predicted octanol–water partition coefficient (Wildman–Crippen LogP) is 7.71. The summed E-state index contributed by atoms with van der Waals surface area (Å²) in [6.07, 6.45) is 10.0. The lowest BCUT2D eigenvalue weighted by Crippen LogP contribution is -2.55. The van der Waals surface area contributed by atoms with Gasteiger partial charge >= 0.3 is 6.09 Å². The molecule has 1 amide bonds. The summed E-state index contributed by atoms with van der Waals surface area (Å²) < 4.78 is 12.2. The quantitative estimate of drug-likeness (QED) is 0.163. The molecule has 1 aromatic heterocycles. The number of aromatic nitrogens is 2. The maximum absolute atomic E-state index is 12.5. The summed E-state index contributed by atoms with van der Waals surface area (Å²) >= 11 is 0. The zero-order valence-electron chi connectivity index (χ0n) is 25.9. The molecular weight excluding hydrogens is 506 g/mol. The Morgan fingerprint density at radius 1 is 1.00 bits per heavy atom. The summed E-state index contributed by atoms with van der Waals surface area (Å²) in [4.78, 5) is 20.6. The van der Waals surface area contributed by atoms with Crippen molar-refractivity contribution < 1.29 is 19.1 Å². The second kappa shape index (κ2) is 13.9. The van der Waals surface area contributed by atoms with E-state index in [-0.39, 0.29) is 18.2 Å². The highest BCUT2D eigenvalue weighted by atomic mass is 28.4. The number of aromatic amines is 1. The van der Waals surface area contributed by atoms with Gasteiger partial charge in [-0.25, -0.2) is 9.78 Å². The van der Waals surface area contributed by atoms with Crippen molar-refractivity contribution in [1.82, 2.24) is 15.3 Å². The van der Waals surface area contributed by atoms with Crippen molar-refractivity contribution in [2.45, 2.75) is 123 Å². The molecule has 220 valence electrons. The van der Waals surface area contributed by atoms with E-state index in [1.807, 2.05) is 20.8 Å². The number of imidazole rings is 1. The number of unbranched alkanes of at least 4 members (excludes halogenated alkanes) is 5. The van der Waals surface area contributed by atoms with Crippen LogP contribution in [0.4, 0.5) is 4.79 Å². The molecule has 0 spiro atoms. The molecule has 0 aliphatic heterocycles. The Bertz CT molecular complexity index is 1020. The van der Waals surface area contributed by atoms with Gasteiger partial charge in [-0.3, -0.25) is 0 Å². The van der Waals surface area contributed by atoms with E-state index in [2.05, 4.69) is 80.3 Å². The summed E-state index contributed by atoms with van der Waals surface area (Å²) in [5, 5.41) is 13.4. The van der Waals surface area contributed by atoms with Crippen LogP contribution in [0.5, 0.6) is 0 Å². The monoisotopic (exact) mass is 559 g/mol. The standard InChI is InChI=1S/C31H53N3O4Si/c1-10-11-12-13-14-15-16-24-17-19-25(20-18-24)26-21-32-27(34-26)31(23-35,38-39(8,9)30(5,6)7)22-33-28(36)37-29(2,3)4/h17-21,35H,10-16,22-23H2,1-9H3,(H,32,34)(H,33,36). The minimum Gasteiger partial charge on any atom is -0.444 e. The van der Waals surface area contributed by atoms with Crippen LogP contribution in [-0.4, -0.2) is 48.2 Å². The Hall–Kier alpha value is -2.16. The molecule has 2 aromatic rings. The van der Waals surface area contributed by atoms with Gasteiger partial charge < -0.3 is 24.6 Å². The van der Waals surface area contributed by atoms with E-state index in [0.29, 0.717) is 5.82 Å². The summed E-state index contributed by atoms with van der Waals surface area (Å²) in [7, 11) is -2.38. The van der Waals surface area contributed by atoms with Crippen LogP contribution in [-0.2, 0) is 21.2 Å². The highest BCUT2D eigenvalue weighted by molar-refractivity contribution is 6.74. The number of nitrogens with one attached hydrogen (secondary N) is 2. The Labute approximate surface area is 237 Å². The number of hydrogen-bond donors (Lipinski definition) is 3. The van der Waals surface area contributed by atoms with Gasteiger partial charge in [0, 0.05) is 0 Å². The van der Waals surface area contributed by atoms with Crippen molar-refractivity contribution in [3.8, 4) is 11.3 Å². The van der Waals surface area contributed by atoms with Gasteiger partial charge in [-0.1, -0.05) is 84.1 Å². The number of aliphatic hydroxyl groups is 1. The van der Waals surface area contributed by atoms with Crippen molar-refractivity contribution in [1.29, 1.82) is 0 Å². The molecule has 1 unspecified atom stereocenters. The molecule has 8 heteroatoms. The van der Waals surface area contributed by atoms with E-state index in [9.17, 15) is 9.90 Å². The molecule has 0 aliphatic carbocycles. The molecule has 1 heterocycles. The van der Waals surface area contributed by atoms with Gasteiger partial charge in [0.2, 0.25) is 0 Å². The number of hydrogen-bond acceptors (Lipinski definition) is 5. The smallest absolute Gasteiger partial charge is 0.407 e. The van der Waals surface area contributed by atoms with Crippen LogP contribution < -0.4 is 5.32 Å². The van der Waals surface area contributed by atoms with Crippen LogP contribution in [0.3, 0.4) is 0 Å². The van der Waals surface area contributed by atoms with Gasteiger partial charge in [0.25, 0.3) is 0 Å². The van der Waals surface area contributed by atoms with Crippen LogP contribution in [0.15, 0.2) is 30.5 Å². The Balaban J connectivity index is 2.24. The molecule has 2 rings (SSSR count). The SMILES string of the molecule is CCCCCCCCc1ccc(-c2cnc(C(CO)(CNC(=O)OC(C)(C)C)O[Si](C)(C)C(C)(C)C)[nH]2)cc1. The van der Waals surface area contributed by atoms with E-state index < -0.39 is 25.6 Å². The first-order valence-corrected chi connectivity index (χ1v) is 17.5. The van der Waals surface area contributed by atoms with E-state index >= 15 is 0 Å². The number of aryl methyl sites for hydroxylation is 1. The molecule has 0 bridgehead atoms. The van der Waals surface area contributed by atoms with Crippen LogP contribution >= 0.6 is 0 Å². The third-order valence-corrected chi connectivity index (χ3v) is 12.0. The third-order valence-electron chi connectivity index (χ3n) is 7.52. The number of benzene rings is 1. The molecule has 39 heavy (non-hydrogen) atoms. The lowest BCUT2D eigenvalue weighted by atomic mass is 10.0. The summed E-state index contributed by atoms with van der Waals surface area (Å²) in [5.41, 5.74) is 1.31. The van der Waals surface area contributed by atoms with Crippen molar-refractivity contribution in [3.05, 3.63) is 41.9 Å². The number of nitrogens with zero attached hydrogens (tertiary/aromatic N) is 1. The Morgan fingerprint density at radius 3 is 2.18 bits per heavy atom. The second-order valence-electron chi connectivity index (χ2n) is 13.2. The number of rotatable bonds is 14. The molecule has 0 saturated heterocycles. The maximum atomic E-state index is 12.5. The average Bonchev–Trinajstić information content (AvgIpc) is 3.33. The Kier molecular flexibility index (Phi) is 11.8. The molecular formula is C31H53N3O4Si. The lowest BCUT2D eigenvalue weighted by Gasteiger charge is -2.44. The van der Waals surface area contributed by atoms with Gasteiger partial charge in [0.1, 0.15) is 11.4 Å². The average molecular weight is 560 g/mol. The summed E-state index contributed by atoms with van der Waals surface area (Å²) in [6, 6.07) is 8.57. The van der Waals surface area contributed by atoms with E-state index in [4.69, 9.17) is 9.16 Å². The van der Waals surface area contributed by atoms with Crippen molar-refractivity contribution >= 4 is 14.4 Å². The van der Waals surface area contributed by atoms with Crippen LogP contribution in [0, 0.1) is 0 Å². The number of carbonyl (C=O) groups excluding carboxylic acids is 1. The molecule has 0 saturated carbocycles. The van der Waals surface area contributed by atoms with E-state index in [0.717, 1.165) is 17.7 Å². The second-order valence-corrected chi connectivity index (χ2v) is 18.0. The molecule has 1 atom stereocenters. The highest BCUT2D eigenvalue weighted by Gasteiger charge is 2.47. The van der Waals surface area contributed by atoms with Crippen molar-refractivity contribution in [3.63, 3.8) is 0 Å². The number of amides is 1. The van der Waals surface area contributed by atoms with Gasteiger partial charge in [0.15, 0.2) is 13.9 Å². The maximum Gasteiger partial charge on any atom is 0.407 e. The lowest BCUT2D eigenvalue weighted by molar-refractivity contribution is -0.0161. The molecule has 1 aromatic carbocycles. The van der Waals surface area contributed by atoms with Crippen molar-refractivity contribution in [2.24, 2.45) is 0 Å². The molecule has 0 aliphatic rings.